The van der Waals surface area contributed by atoms with Crippen LogP contribution >= 0.6 is 0 Å². The van der Waals surface area contributed by atoms with Crippen LogP contribution in [0.4, 0.5) is 0 Å². The number of aromatic nitrogens is 3. The van der Waals surface area contributed by atoms with Crippen LogP contribution in [0.15, 0.2) is 52.5 Å². The van der Waals surface area contributed by atoms with Gasteiger partial charge < -0.3 is 9.80 Å². The number of likely N-dealkylation sites (tertiary alicyclic amines) is 1. The van der Waals surface area contributed by atoms with Gasteiger partial charge >= 0.3 is 0 Å². The van der Waals surface area contributed by atoms with Gasteiger partial charge in [-0.15, -0.1) is 0 Å². The minimum Gasteiger partial charge on any atom is -0.339 e. The maximum atomic E-state index is 13.1. The number of pyridine rings is 1. The Balaban J connectivity index is 1.29. The lowest BCUT2D eigenvalue weighted by Crippen LogP contribution is -2.46. The molecule has 0 bridgehead atoms. The Kier molecular flexibility index (Phi) is 6.38. The van der Waals surface area contributed by atoms with Crippen molar-refractivity contribution in [3.63, 3.8) is 0 Å². The van der Waals surface area contributed by atoms with Crippen LogP contribution in [-0.4, -0.2) is 69.4 Å². The van der Waals surface area contributed by atoms with Gasteiger partial charge in [-0.1, -0.05) is 18.2 Å². The van der Waals surface area contributed by atoms with Crippen LogP contribution in [0.3, 0.4) is 0 Å². The molecule has 0 unspecified atom stereocenters. The standard InChI is InChI=1S/C27H32N6O2/c1-18-14-19(15-28-2)4-8-23(18)24-17-30-33(27(24)35)25-9-5-20(16-29-25)26(34)31(3)21-10-12-32(13-11-21)22-6-7-22/h4-5,8-9,14,16-17,21-22,30H,2,6-7,10-13,15H2,1,3H3. The molecule has 0 atom stereocenters. The number of nitrogens with zero attached hydrogens (tertiary/aromatic N) is 5. The van der Waals surface area contributed by atoms with E-state index in [1.807, 2.05) is 37.1 Å². The normalized spacial score (nSPS) is 16.9. The summed E-state index contributed by atoms with van der Waals surface area (Å²) in [6, 6.07) is 10.4. The van der Waals surface area contributed by atoms with Gasteiger partial charge in [-0.25, -0.2) is 9.67 Å². The highest BCUT2D eigenvalue weighted by Crippen LogP contribution is 2.30. The third-order valence-electron chi connectivity index (χ3n) is 7.30. The number of aromatic amines is 1. The Labute approximate surface area is 205 Å². The minimum absolute atomic E-state index is 0.0295. The number of benzene rings is 1. The molecule has 5 rings (SSSR count). The first-order chi connectivity index (χ1) is 17.0. The molecule has 2 fully saturated rings. The molecular formula is C27H32N6O2. The molecule has 0 spiro atoms. The van der Waals surface area contributed by atoms with Crippen LogP contribution in [0.1, 0.15) is 47.2 Å². The van der Waals surface area contributed by atoms with Crippen molar-refractivity contribution in [3.8, 4) is 16.9 Å². The molecular weight excluding hydrogens is 440 g/mol. The minimum atomic E-state index is -0.186. The predicted octanol–water partition coefficient (Wildman–Crippen LogP) is 3.44. The molecule has 2 aromatic heterocycles. The number of aryl methyl sites for hydroxylation is 1. The molecule has 182 valence electrons. The number of H-pyrrole nitrogens is 1. The number of piperidine rings is 1. The van der Waals surface area contributed by atoms with E-state index in [0.717, 1.165) is 48.7 Å². The van der Waals surface area contributed by atoms with E-state index >= 15 is 0 Å². The van der Waals surface area contributed by atoms with Crippen molar-refractivity contribution in [1.29, 1.82) is 0 Å². The molecule has 0 radical (unpaired) electrons. The van der Waals surface area contributed by atoms with Crippen molar-refractivity contribution in [2.45, 2.75) is 51.2 Å². The van der Waals surface area contributed by atoms with Gasteiger partial charge in [0.2, 0.25) is 0 Å². The molecule has 3 aromatic rings. The number of nitrogens with one attached hydrogen (secondary N) is 1. The summed E-state index contributed by atoms with van der Waals surface area (Å²) in [6.45, 7) is 8.19. The van der Waals surface area contributed by atoms with Gasteiger partial charge in [0.05, 0.1) is 17.7 Å². The summed E-state index contributed by atoms with van der Waals surface area (Å²) in [5.74, 6) is 0.418. The second-order valence-corrected chi connectivity index (χ2v) is 9.68. The molecule has 8 heteroatoms. The van der Waals surface area contributed by atoms with Gasteiger partial charge in [0, 0.05) is 44.6 Å². The summed E-state index contributed by atoms with van der Waals surface area (Å²) in [4.78, 5) is 39.0. The van der Waals surface area contributed by atoms with Crippen LogP contribution in [0.5, 0.6) is 0 Å². The molecule has 1 N–H and O–H groups in total. The topological polar surface area (TPSA) is 86.6 Å². The highest BCUT2D eigenvalue weighted by atomic mass is 16.2. The van der Waals surface area contributed by atoms with Crippen LogP contribution in [-0.2, 0) is 6.54 Å². The molecule has 1 aromatic carbocycles. The Bertz CT molecular complexity index is 1280. The van der Waals surface area contributed by atoms with Gasteiger partial charge in [-0.3, -0.25) is 19.7 Å². The summed E-state index contributed by atoms with van der Waals surface area (Å²) < 4.78 is 1.40. The predicted molar refractivity (Wildman–Crippen MR) is 137 cm³/mol. The molecule has 35 heavy (non-hydrogen) atoms. The summed E-state index contributed by atoms with van der Waals surface area (Å²) in [5, 5.41) is 3.01. The van der Waals surface area contributed by atoms with E-state index in [0.29, 0.717) is 23.5 Å². The van der Waals surface area contributed by atoms with E-state index in [1.54, 1.807) is 24.5 Å². The molecule has 1 aliphatic carbocycles. The quantitative estimate of drug-likeness (QED) is 0.534. The fraction of sp³-hybridized carbons (Fsp3) is 0.407. The largest absolute Gasteiger partial charge is 0.339 e. The molecule has 8 nitrogen and oxygen atoms in total. The molecule has 1 saturated carbocycles. The van der Waals surface area contributed by atoms with Crippen LogP contribution < -0.4 is 5.56 Å². The van der Waals surface area contributed by atoms with E-state index in [2.05, 4.69) is 26.7 Å². The molecule has 3 heterocycles. The van der Waals surface area contributed by atoms with Gasteiger partial charge in [-0.05, 0) is 68.1 Å². The van der Waals surface area contributed by atoms with E-state index in [9.17, 15) is 9.59 Å². The van der Waals surface area contributed by atoms with Crippen molar-refractivity contribution in [3.05, 3.63) is 69.8 Å². The first kappa shape index (κ1) is 23.2. The highest BCUT2D eigenvalue weighted by molar-refractivity contribution is 5.94. The van der Waals surface area contributed by atoms with Crippen LogP contribution in [0.2, 0.25) is 0 Å². The van der Waals surface area contributed by atoms with E-state index in [-0.39, 0.29) is 17.5 Å². The second kappa shape index (κ2) is 9.62. The fourth-order valence-electron chi connectivity index (χ4n) is 5.08. The van der Waals surface area contributed by atoms with E-state index < -0.39 is 0 Å². The number of hydrogen-bond donors (Lipinski definition) is 1. The average Bonchev–Trinajstić information content (AvgIpc) is 3.66. The smallest absolute Gasteiger partial charge is 0.280 e. The van der Waals surface area contributed by atoms with Gasteiger partial charge in [0.15, 0.2) is 5.82 Å². The number of carbonyl (C=O) groups is 1. The number of amides is 1. The number of rotatable bonds is 7. The highest BCUT2D eigenvalue weighted by Gasteiger charge is 2.33. The Morgan fingerprint density at radius 1 is 1.17 bits per heavy atom. The fourth-order valence-corrected chi connectivity index (χ4v) is 5.08. The van der Waals surface area contributed by atoms with Gasteiger partial charge in [0.1, 0.15) is 0 Å². The monoisotopic (exact) mass is 472 g/mol. The zero-order valence-corrected chi connectivity index (χ0v) is 20.4. The van der Waals surface area contributed by atoms with Gasteiger partial charge in [-0.2, -0.15) is 0 Å². The Morgan fingerprint density at radius 3 is 2.57 bits per heavy atom. The van der Waals surface area contributed by atoms with Gasteiger partial charge in [0.25, 0.3) is 11.5 Å². The lowest BCUT2D eigenvalue weighted by atomic mass is 10.0. The zero-order chi connectivity index (χ0) is 24.5. The van der Waals surface area contributed by atoms with E-state index in [4.69, 9.17) is 0 Å². The summed E-state index contributed by atoms with van der Waals surface area (Å²) in [5.41, 5.74) is 3.82. The molecule has 1 aliphatic heterocycles. The van der Waals surface area contributed by atoms with Crippen molar-refractivity contribution >= 4 is 12.6 Å². The van der Waals surface area contributed by atoms with Crippen LogP contribution in [0, 0.1) is 6.92 Å². The Hall–Kier alpha value is -3.52. The average molecular weight is 473 g/mol. The number of carbonyl (C=O) groups excluding carboxylic acids is 1. The van der Waals surface area contributed by atoms with Crippen molar-refractivity contribution in [2.24, 2.45) is 4.99 Å². The Morgan fingerprint density at radius 2 is 1.94 bits per heavy atom. The SMILES string of the molecule is C=NCc1ccc(-c2c[nH]n(-c3ccc(C(=O)N(C)C4CCN(C5CC5)CC4)cn3)c2=O)c(C)c1. The summed E-state index contributed by atoms with van der Waals surface area (Å²) in [7, 11) is 1.88. The zero-order valence-electron chi connectivity index (χ0n) is 20.4. The molecule has 2 aliphatic rings. The third-order valence-corrected chi connectivity index (χ3v) is 7.30. The van der Waals surface area contributed by atoms with Crippen molar-refractivity contribution in [2.75, 3.05) is 20.1 Å². The van der Waals surface area contributed by atoms with Crippen molar-refractivity contribution < 1.29 is 4.79 Å². The molecule has 1 amide bonds. The lowest BCUT2D eigenvalue weighted by molar-refractivity contribution is 0.0636. The van der Waals surface area contributed by atoms with Crippen molar-refractivity contribution in [1.82, 2.24) is 24.6 Å². The summed E-state index contributed by atoms with van der Waals surface area (Å²) in [6.07, 6.45) is 7.91. The first-order valence-corrected chi connectivity index (χ1v) is 12.3. The van der Waals surface area contributed by atoms with Crippen LogP contribution in [0.25, 0.3) is 16.9 Å². The first-order valence-electron chi connectivity index (χ1n) is 12.3. The number of aliphatic imine (C=N–C) groups is 1. The summed E-state index contributed by atoms with van der Waals surface area (Å²) >= 11 is 0. The maximum Gasteiger partial charge on any atom is 0.280 e. The maximum absolute atomic E-state index is 13.1. The van der Waals surface area contributed by atoms with E-state index in [1.165, 1.54) is 17.5 Å². The number of hydrogen-bond acceptors (Lipinski definition) is 5. The molecule has 1 saturated heterocycles. The lowest BCUT2D eigenvalue weighted by Gasteiger charge is -2.36. The third kappa shape index (κ3) is 4.71. The second-order valence-electron chi connectivity index (χ2n) is 9.68.